The van der Waals surface area contributed by atoms with Crippen LogP contribution in [0.1, 0.15) is 5.56 Å². The number of aromatic nitrogens is 1. The van der Waals surface area contributed by atoms with Gasteiger partial charge in [-0.15, -0.1) is 0 Å². The summed E-state index contributed by atoms with van der Waals surface area (Å²) in [5, 5.41) is 0.936. The predicted octanol–water partition coefficient (Wildman–Crippen LogP) is 1.97. The second kappa shape index (κ2) is 3.23. The van der Waals surface area contributed by atoms with Gasteiger partial charge in [-0.2, -0.15) is 0 Å². The van der Waals surface area contributed by atoms with Crippen molar-refractivity contribution < 1.29 is 4.39 Å². The van der Waals surface area contributed by atoms with Gasteiger partial charge in [-0.3, -0.25) is 0 Å². The van der Waals surface area contributed by atoms with Crippen molar-refractivity contribution in [2.45, 2.75) is 6.92 Å². The number of benzene rings is 1. The van der Waals surface area contributed by atoms with Gasteiger partial charge in [0.1, 0.15) is 11.6 Å². The standard InChI is InChI=1S/C10H10FN3/c1-6-4-10(14-12)13-9-5-7(11)2-3-8(6)9/h2-5H,12H2,1H3,(H,13,14). The monoisotopic (exact) mass is 191 g/mol. The molecule has 0 aliphatic heterocycles. The van der Waals surface area contributed by atoms with Crippen molar-refractivity contribution in [3.63, 3.8) is 0 Å². The van der Waals surface area contributed by atoms with Gasteiger partial charge in [0, 0.05) is 11.5 Å². The van der Waals surface area contributed by atoms with E-state index in [1.807, 2.05) is 13.0 Å². The number of fused-ring (bicyclic) bond motifs is 1. The number of halogens is 1. The molecule has 0 saturated heterocycles. The number of anilines is 1. The van der Waals surface area contributed by atoms with Crippen LogP contribution in [0.25, 0.3) is 10.9 Å². The molecule has 0 amide bonds. The molecule has 0 radical (unpaired) electrons. The van der Waals surface area contributed by atoms with Crippen LogP contribution in [0, 0.1) is 12.7 Å². The molecule has 72 valence electrons. The van der Waals surface area contributed by atoms with Crippen molar-refractivity contribution in [1.29, 1.82) is 0 Å². The first-order chi connectivity index (χ1) is 6.70. The van der Waals surface area contributed by atoms with Crippen LogP contribution in [0.15, 0.2) is 24.3 Å². The summed E-state index contributed by atoms with van der Waals surface area (Å²) in [5.41, 5.74) is 4.07. The predicted molar refractivity (Wildman–Crippen MR) is 54.2 cm³/mol. The molecule has 0 atom stereocenters. The Morgan fingerprint density at radius 1 is 1.36 bits per heavy atom. The van der Waals surface area contributed by atoms with Gasteiger partial charge in [-0.25, -0.2) is 15.2 Å². The van der Waals surface area contributed by atoms with E-state index < -0.39 is 0 Å². The molecule has 3 N–H and O–H groups in total. The summed E-state index contributed by atoms with van der Waals surface area (Å²) in [6.07, 6.45) is 0. The van der Waals surface area contributed by atoms with E-state index in [4.69, 9.17) is 5.84 Å². The van der Waals surface area contributed by atoms with Gasteiger partial charge in [0.05, 0.1) is 5.52 Å². The highest BCUT2D eigenvalue weighted by Gasteiger charge is 2.02. The van der Waals surface area contributed by atoms with Gasteiger partial charge < -0.3 is 5.43 Å². The summed E-state index contributed by atoms with van der Waals surface area (Å²) in [5.74, 6) is 5.49. The van der Waals surface area contributed by atoms with E-state index in [1.165, 1.54) is 12.1 Å². The number of hydrogen-bond donors (Lipinski definition) is 2. The van der Waals surface area contributed by atoms with Crippen LogP contribution in [0.2, 0.25) is 0 Å². The molecule has 0 saturated carbocycles. The minimum Gasteiger partial charge on any atom is -0.308 e. The largest absolute Gasteiger partial charge is 0.308 e. The first kappa shape index (κ1) is 8.90. The first-order valence-corrected chi connectivity index (χ1v) is 4.24. The molecule has 0 fully saturated rings. The Kier molecular flexibility index (Phi) is 2.05. The quantitative estimate of drug-likeness (QED) is 0.535. The van der Waals surface area contributed by atoms with Gasteiger partial charge in [-0.1, -0.05) is 0 Å². The van der Waals surface area contributed by atoms with Crippen molar-refractivity contribution in [3.8, 4) is 0 Å². The number of nitrogens with one attached hydrogen (secondary N) is 1. The summed E-state index contributed by atoms with van der Waals surface area (Å²) in [6, 6.07) is 6.35. The summed E-state index contributed by atoms with van der Waals surface area (Å²) < 4.78 is 12.9. The highest BCUT2D eigenvalue weighted by molar-refractivity contribution is 5.83. The number of nitrogen functional groups attached to an aromatic ring is 1. The van der Waals surface area contributed by atoms with Crippen LogP contribution < -0.4 is 11.3 Å². The van der Waals surface area contributed by atoms with E-state index >= 15 is 0 Å². The number of nitrogens with two attached hydrogens (primary N) is 1. The highest BCUT2D eigenvalue weighted by atomic mass is 19.1. The lowest BCUT2D eigenvalue weighted by Gasteiger charge is -2.05. The van der Waals surface area contributed by atoms with Crippen molar-refractivity contribution in [2.24, 2.45) is 5.84 Å². The Labute approximate surface area is 80.7 Å². The van der Waals surface area contributed by atoms with E-state index in [2.05, 4.69) is 10.4 Å². The zero-order chi connectivity index (χ0) is 10.1. The molecule has 0 unspecified atom stereocenters. The maximum absolute atomic E-state index is 12.9. The number of rotatable bonds is 1. The summed E-state index contributed by atoms with van der Waals surface area (Å²) in [7, 11) is 0. The van der Waals surface area contributed by atoms with Crippen LogP contribution in [0.3, 0.4) is 0 Å². The number of pyridine rings is 1. The number of nitrogens with zero attached hydrogens (tertiary/aromatic N) is 1. The van der Waals surface area contributed by atoms with E-state index in [-0.39, 0.29) is 5.82 Å². The van der Waals surface area contributed by atoms with Gasteiger partial charge in [-0.05, 0) is 30.7 Å². The average Bonchev–Trinajstić information content (AvgIpc) is 2.16. The molecule has 0 bridgehead atoms. The first-order valence-electron chi connectivity index (χ1n) is 4.24. The van der Waals surface area contributed by atoms with E-state index in [0.29, 0.717) is 11.3 Å². The third-order valence-corrected chi connectivity index (χ3v) is 2.13. The fourth-order valence-corrected chi connectivity index (χ4v) is 1.45. The fourth-order valence-electron chi connectivity index (χ4n) is 1.45. The number of aryl methyl sites for hydroxylation is 1. The molecule has 14 heavy (non-hydrogen) atoms. The Hall–Kier alpha value is -1.68. The third kappa shape index (κ3) is 1.40. The minimum absolute atomic E-state index is 0.293. The van der Waals surface area contributed by atoms with Crippen LogP contribution in [-0.2, 0) is 0 Å². The topological polar surface area (TPSA) is 50.9 Å². The van der Waals surface area contributed by atoms with E-state index in [0.717, 1.165) is 10.9 Å². The van der Waals surface area contributed by atoms with E-state index in [1.54, 1.807) is 6.07 Å². The van der Waals surface area contributed by atoms with Crippen LogP contribution in [0.5, 0.6) is 0 Å². The normalized spacial score (nSPS) is 10.5. The zero-order valence-corrected chi connectivity index (χ0v) is 7.71. The SMILES string of the molecule is Cc1cc(NN)nc2cc(F)ccc12. The summed E-state index contributed by atoms with van der Waals surface area (Å²) in [4.78, 5) is 4.14. The maximum Gasteiger partial charge on any atom is 0.140 e. The van der Waals surface area contributed by atoms with Gasteiger partial charge in [0.25, 0.3) is 0 Å². The van der Waals surface area contributed by atoms with Crippen LogP contribution in [0.4, 0.5) is 10.2 Å². The van der Waals surface area contributed by atoms with Gasteiger partial charge in [0.15, 0.2) is 0 Å². The molecule has 2 rings (SSSR count). The molecular formula is C10H10FN3. The zero-order valence-electron chi connectivity index (χ0n) is 7.71. The Morgan fingerprint density at radius 2 is 2.14 bits per heavy atom. The molecule has 3 nitrogen and oxygen atoms in total. The Morgan fingerprint density at radius 3 is 2.86 bits per heavy atom. The summed E-state index contributed by atoms with van der Waals surface area (Å²) in [6.45, 7) is 1.93. The van der Waals surface area contributed by atoms with Crippen LogP contribution in [-0.4, -0.2) is 4.98 Å². The second-order valence-electron chi connectivity index (χ2n) is 3.13. The molecule has 0 spiro atoms. The number of hydrogen-bond acceptors (Lipinski definition) is 3. The maximum atomic E-state index is 12.9. The second-order valence-corrected chi connectivity index (χ2v) is 3.13. The van der Waals surface area contributed by atoms with Crippen LogP contribution >= 0.6 is 0 Å². The van der Waals surface area contributed by atoms with Crippen molar-refractivity contribution in [3.05, 3.63) is 35.6 Å². The van der Waals surface area contributed by atoms with Crippen molar-refractivity contribution in [1.82, 2.24) is 4.98 Å². The smallest absolute Gasteiger partial charge is 0.140 e. The lowest BCUT2D eigenvalue weighted by atomic mass is 10.1. The Balaban J connectivity index is 2.77. The lowest BCUT2D eigenvalue weighted by molar-refractivity contribution is 0.629. The molecular weight excluding hydrogens is 181 g/mol. The Bertz CT molecular complexity index is 482. The highest BCUT2D eigenvalue weighted by Crippen LogP contribution is 2.20. The molecule has 1 heterocycles. The molecule has 1 aromatic carbocycles. The minimum atomic E-state index is -0.293. The number of hydrazine groups is 1. The molecule has 0 aliphatic carbocycles. The lowest BCUT2D eigenvalue weighted by Crippen LogP contribution is -2.08. The van der Waals surface area contributed by atoms with Gasteiger partial charge in [0.2, 0.25) is 0 Å². The van der Waals surface area contributed by atoms with E-state index in [9.17, 15) is 4.39 Å². The molecule has 1 aromatic heterocycles. The van der Waals surface area contributed by atoms with Gasteiger partial charge >= 0.3 is 0 Å². The van der Waals surface area contributed by atoms with Crippen molar-refractivity contribution in [2.75, 3.05) is 5.43 Å². The molecule has 4 heteroatoms. The van der Waals surface area contributed by atoms with Crippen molar-refractivity contribution >= 4 is 16.7 Å². The average molecular weight is 191 g/mol. The summed E-state index contributed by atoms with van der Waals surface area (Å²) >= 11 is 0. The third-order valence-electron chi connectivity index (χ3n) is 2.13. The fraction of sp³-hybridized carbons (Fsp3) is 0.100. The molecule has 2 aromatic rings. The molecule has 0 aliphatic rings.